The van der Waals surface area contributed by atoms with Crippen molar-refractivity contribution in [2.45, 2.75) is 33.2 Å². The molecule has 3 N–H and O–H groups in total. The molecular formula is C23H27N3O3S. The van der Waals surface area contributed by atoms with Gasteiger partial charge in [-0.2, -0.15) is 0 Å². The first-order valence-electron chi connectivity index (χ1n) is 9.93. The van der Waals surface area contributed by atoms with Crippen molar-refractivity contribution >= 4 is 28.7 Å². The number of Topliss-reactive ketones (excluding diaryl/α,β-unsaturated/α-hetero) is 1. The third-order valence-electron chi connectivity index (χ3n) is 4.84. The van der Waals surface area contributed by atoms with E-state index in [-0.39, 0.29) is 24.4 Å². The van der Waals surface area contributed by atoms with Gasteiger partial charge in [0, 0.05) is 36.1 Å². The highest BCUT2D eigenvalue weighted by Crippen LogP contribution is 2.36. The zero-order valence-electron chi connectivity index (χ0n) is 17.3. The maximum absolute atomic E-state index is 13.0. The SMILES string of the molecule is CC1(C)CC(=O)C(C(=S)Nc2ccccc2)=C(NCc2ccncc2OCCO)C1. The average molecular weight is 426 g/mol. The molecule has 0 amide bonds. The summed E-state index contributed by atoms with van der Waals surface area (Å²) in [4.78, 5) is 17.5. The number of hydrogen-bond acceptors (Lipinski definition) is 6. The van der Waals surface area contributed by atoms with E-state index in [0.717, 1.165) is 16.9 Å². The van der Waals surface area contributed by atoms with Crippen LogP contribution in [-0.2, 0) is 11.3 Å². The largest absolute Gasteiger partial charge is 0.489 e. The van der Waals surface area contributed by atoms with E-state index in [4.69, 9.17) is 22.1 Å². The molecule has 0 saturated carbocycles. The number of anilines is 1. The van der Waals surface area contributed by atoms with E-state index in [0.29, 0.717) is 35.7 Å². The fourth-order valence-electron chi connectivity index (χ4n) is 3.49. The van der Waals surface area contributed by atoms with E-state index in [1.807, 2.05) is 36.4 Å². The molecular weight excluding hydrogens is 398 g/mol. The van der Waals surface area contributed by atoms with Crippen LogP contribution in [0.2, 0.25) is 0 Å². The van der Waals surface area contributed by atoms with Crippen molar-refractivity contribution in [3.05, 3.63) is 65.6 Å². The lowest BCUT2D eigenvalue weighted by Gasteiger charge is -2.33. The number of aliphatic hydroxyl groups excluding tert-OH is 1. The van der Waals surface area contributed by atoms with Crippen LogP contribution in [0.4, 0.5) is 5.69 Å². The second kappa shape index (κ2) is 9.82. The number of aliphatic hydroxyl groups is 1. The van der Waals surface area contributed by atoms with Gasteiger partial charge in [-0.3, -0.25) is 9.78 Å². The third-order valence-corrected chi connectivity index (χ3v) is 5.15. The van der Waals surface area contributed by atoms with Gasteiger partial charge in [0.15, 0.2) is 5.78 Å². The molecule has 0 aliphatic heterocycles. The van der Waals surface area contributed by atoms with Crippen molar-refractivity contribution in [2.75, 3.05) is 18.5 Å². The fraction of sp³-hybridized carbons (Fsp3) is 0.348. The predicted molar refractivity (Wildman–Crippen MR) is 121 cm³/mol. The lowest BCUT2D eigenvalue weighted by Crippen LogP contribution is -2.35. The highest BCUT2D eigenvalue weighted by atomic mass is 32.1. The normalized spacial score (nSPS) is 15.6. The second-order valence-corrected chi connectivity index (χ2v) is 8.43. The number of nitrogens with one attached hydrogen (secondary N) is 2. The van der Waals surface area contributed by atoms with Crippen LogP contribution in [0.5, 0.6) is 5.75 Å². The van der Waals surface area contributed by atoms with Crippen LogP contribution >= 0.6 is 12.2 Å². The summed E-state index contributed by atoms with van der Waals surface area (Å²) in [7, 11) is 0. The summed E-state index contributed by atoms with van der Waals surface area (Å²) in [6.07, 6.45) is 4.47. The molecule has 6 nitrogen and oxygen atoms in total. The zero-order valence-corrected chi connectivity index (χ0v) is 18.1. The highest BCUT2D eigenvalue weighted by molar-refractivity contribution is 7.81. The van der Waals surface area contributed by atoms with Gasteiger partial charge in [-0.25, -0.2) is 0 Å². The molecule has 2 aromatic rings. The molecule has 0 atom stereocenters. The van der Waals surface area contributed by atoms with Crippen molar-refractivity contribution in [1.29, 1.82) is 0 Å². The fourth-order valence-corrected chi connectivity index (χ4v) is 3.85. The van der Waals surface area contributed by atoms with Crippen molar-refractivity contribution in [2.24, 2.45) is 5.41 Å². The van der Waals surface area contributed by atoms with Crippen molar-refractivity contribution in [1.82, 2.24) is 10.3 Å². The molecule has 1 aromatic carbocycles. The molecule has 1 aromatic heterocycles. The smallest absolute Gasteiger partial charge is 0.168 e. The number of pyridine rings is 1. The standard InChI is InChI=1S/C23H27N3O3S/c1-23(2)12-18(25-14-16-8-9-24-15-20(16)29-11-10-27)21(19(28)13-23)22(30)26-17-6-4-3-5-7-17/h3-9,15,25,27H,10-14H2,1-2H3,(H,26,30). The topological polar surface area (TPSA) is 83.5 Å². The molecule has 158 valence electrons. The van der Waals surface area contributed by atoms with Gasteiger partial charge in [-0.1, -0.05) is 44.3 Å². The Morgan fingerprint density at radius 1 is 1.23 bits per heavy atom. The molecule has 1 heterocycles. The molecule has 0 fully saturated rings. The van der Waals surface area contributed by atoms with Crippen LogP contribution in [-0.4, -0.2) is 34.1 Å². The first-order chi connectivity index (χ1) is 14.4. The Kier molecular flexibility index (Phi) is 7.18. The maximum atomic E-state index is 13.0. The Balaban J connectivity index is 1.84. The Bertz CT molecular complexity index is 942. The van der Waals surface area contributed by atoms with Gasteiger partial charge in [-0.15, -0.1) is 0 Å². The van der Waals surface area contributed by atoms with Gasteiger partial charge >= 0.3 is 0 Å². The number of para-hydroxylation sites is 1. The van der Waals surface area contributed by atoms with Gasteiger partial charge in [0.05, 0.1) is 18.4 Å². The summed E-state index contributed by atoms with van der Waals surface area (Å²) < 4.78 is 5.57. The van der Waals surface area contributed by atoms with Gasteiger partial charge in [0.2, 0.25) is 0 Å². The third kappa shape index (κ3) is 5.64. The van der Waals surface area contributed by atoms with Crippen LogP contribution in [0.3, 0.4) is 0 Å². The number of ketones is 1. The molecule has 1 aliphatic rings. The maximum Gasteiger partial charge on any atom is 0.168 e. The lowest BCUT2D eigenvalue weighted by atomic mass is 9.75. The zero-order chi connectivity index (χ0) is 21.6. The summed E-state index contributed by atoms with van der Waals surface area (Å²) >= 11 is 5.61. The number of aromatic nitrogens is 1. The van der Waals surface area contributed by atoms with Crippen molar-refractivity contribution < 1.29 is 14.6 Å². The number of carbonyl (C=O) groups is 1. The van der Waals surface area contributed by atoms with E-state index < -0.39 is 0 Å². The second-order valence-electron chi connectivity index (χ2n) is 8.02. The minimum atomic E-state index is -0.153. The Morgan fingerprint density at radius 2 is 2.00 bits per heavy atom. The number of thiocarbonyl (C=S) groups is 1. The number of carbonyl (C=O) groups excluding carboxylic acids is 1. The van der Waals surface area contributed by atoms with Gasteiger partial charge in [0.25, 0.3) is 0 Å². The van der Waals surface area contributed by atoms with Gasteiger partial charge < -0.3 is 20.5 Å². The Morgan fingerprint density at radius 3 is 2.73 bits per heavy atom. The molecule has 0 bridgehead atoms. The van der Waals surface area contributed by atoms with Crippen LogP contribution in [0, 0.1) is 5.41 Å². The summed E-state index contributed by atoms with van der Waals surface area (Å²) in [5.41, 5.74) is 2.96. The number of hydrogen-bond donors (Lipinski definition) is 3. The van der Waals surface area contributed by atoms with E-state index in [1.54, 1.807) is 12.4 Å². The monoisotopic (exact) mass is 425 g/mol. The van der Waals surface area contributed by atoms with E-state index in [1.165, 1.54) is 0 Å². The van der Waals surface area contributed by atoms with Crippen LogP contribution in [0.25, 0.3) is 0 Å². The highest BCUT2D eigenvalue weighted by Gasteiger charge is 2.34. The summed E-state index contributed by atoms with van der Waals surface area (Å²) in [5.74, 6) is 0.640. The minimum Gasteiger partial charge on any atom is -0.489 e. The average Bonchev–Trinajstić information content (AvgIpc) is 2.70. The molecule has 1 aliphatic carbocycles. The molecule has 0 unspecified atom stereocenters. The van der Waals surface area contributed by atoms with Crippen LogP contribution < -0.4 is 15.4 Å². The van der Waals surface area contributed by atoms with Crippen LogP contribution in [0.1, 0.15) is 32.3 Å². The molecule has 0 radical (unpaired) electrons. The van der Waals surface area contributed by atoms with Crippen molar-refractivity contribution in [3.8, 4) is 5.75 Å². The quantitative estimate of drug-likeness (QED) is 0.557. The number of ether oxygens (including phenoxy) is 1. The van der Waals surface area contributed by atoms with Crippen molar-refractivity contribution in [3.63, 3.8) is 0 Å². The minimum absolute atomic E-state index is 0.0358. The van der Waals surface area contributed by atoms with E-state index in [9.17, 15) is 4.79 Å². The molecule has 0 spiro atoms. The molecule has 0 saturated heterocycles. The van der Waals surface area contributed by atoms with Crippen LogP contribution in [0.15, 0.2) is 60.1 Å². The number of nitrogens with zero attached hydrogens (tertiary/aromatic N) is 1. The first-order valence-corrected chi connectivity index (χ1v) is 10.3. The number of allylic oxidation sites excluding steroid dienone is 1. The van der Waals surface area contributed by atoms with Gasteiger partial charge in [-0.05, 0) is 30.0 Å². The summed E-state index contributed by atoms with van der Waals surface area (Å²) in [6, 6.07) is 11.5. The predicted octanol–water partition coefficient (Wildman–Crippen LogP) is 3.63. The number of rotatable bonds is 8. The first kappa shape index (κ1) is 21.9. The van der Waals surface area contributed by atoms with Gasteiger partial charge in [0.1, 0.15) is 17.3 Å². The Hall–Kier alpha value is -2.77. The molecule has 7 heteroatoms. The molecule has 30 heavy (non-hydrogen) atoms. The Labute approximate surface area is 182 Å². The molecule has 3 rings (SSSR count). The number of benzene rings is 1. The summed E-state index contributed by atoms with van der Waals surface area (Å²) in [5, 5.41) is 15.6. The van der Waals surface area contributed by atoms with E-state index >= 15 is 0 Å². The van der Waals surface area contributed by atoms with E-state index in [2.05, 4.69) is 29.5 Å². The summed E-state index contributed by atoms with van der Waals surface area (Å²) in [6.45, 7) is 4.75. The lowest BCUT2D eigenvalue weighted by molar-refractivity contribution is -0.117.